The number of carbonyl (C=O) groups excluding carboxylic acids is 2. The van der Waals surface area contributed by atoms with Crippen LogP contribution in [-0.4, -0.2) is 76.5 Å². The number of likely N-dealkylation sites (tertiary alicyclic amines) is 2. The molecule has 34 heavy (non-hydrogen) atoms. The van der Waals surface area contributed by atoms with Gasteiger partial charge in [-0.05, 0) is 44.9 Å². The van der Waals surface area contributed by atoms with Crippen molar-refractivity contribution in [1.82, 2.24) is 19.8 Å². The van der Waals surface area contributed by atoms with E-state index in [1.54, 1.807) is 4.90 Å². The van der Waals surface area contributed by atoms with Gasteiger partial charge in [0.15, 0.2) is 0 Å². The van der Waals surface area contributed by atoms with Crippen LogP contribution in [0.5, 0.6) is 0 Å². The number of aromatic nitrogens is 2. The summed E-state index contributed by atoms with van der Waals surface area (Å²) in [5.41, 5.74) is -0.463. The molecule has 2 unspecified atom stereocenters. The SMILES string of the molecule is COC(=O)C1CN(C(C)C)CCC1N1CC[C@H](Nc2ncnc3ccc(C(F)(F)F)cc23)C1=O. The molecule has 2 aromatic rings. The van der Waals surface area contributed by atoms with Gasteiger partial charge in [-0.15, -0.1) is 0 Å². The lowest BCUT2D eigenvalue weighted by Crippen LogP contribution is -2.56. The molecule has 184 valence electrons. The minimum Gasteiger partial charge on any atom is -0.469 e. The Hall–Kier alpha value is -2.95. The van der Waals surface area contributed by atoms with E-state index in [0.29, 0.717) is 31.4 Å². The number of piperidine rings is 1. The van der Waals surface area contributed by atoms with Crippen LogP contribution in [0.25, 0.3) is 10.9 Å². The Bertz CT molecular complexity index is 1080. The number of esters is 1. The lowest BCUT2D eigenvalue weighted by molar-refractivity contribution is -0.152. The van der Waals surface area contributed by atoms with Crippen LogP contribution >= 0.6 is 0 Å². The zero-order chi connectivity index (χ0) is 24.6. The Morgan fingerprint density at radius 2 is 1.97 bits per heavy atom. The molecular weight excluding hydrogens is 451 g/mol. The summed E-state index contributed by atoms with van der Waals surface area (Å²) >= 11 is 0. The third-order valence-corrected chi connectivity index (χ3v) is 6.76. The van der Waals surface area contributed by atoms with Gasteiger partial charge in [0.2, 0.25) is 5.91 Å². The maximum atomic E-state index is 13.3. The molecule has 0 aliphatic carbocycles. The summed E-state index contributed by atoms with van der Waals surface area (Å²) in [6.45, 7) is 5.83. The fraction of sp³-hybridized carbons (Fsp3) is 0.565. The zero-order valence-corrected chi connectivity index (χ0v) is 19.3. The lowest BCUT2D eigenvalue weighted by Gasteiger charge is -2.42. The maximum absolute atomic E-state index is 13.3. The van der Waals surface area contributed by atoms with Gasteiger partial charge in [-0.25, -0.2) is 9.97 Å². The first-order valence-corrected chi connectivity index (χ1v) is 11.3. The molecule has 1 aromatic heterocycles. The number of rotatable bonds is 5. The highest BCUT2D eigenvalue weighted by Gasteiger charge is 2.44. The predicted octanol–water partition coefficient (Wildman–Crippen LogP) is 2.93. The smallest absolute Gasteiger partial charge is 0.416 e. The maximum Gasteiger partial charge on any atom is 0.416 e. The number of carbonyl (C=O) groups is 2. The molecule has 4 rings (SSSR count). The second kappa shape index (κ2) is 9.36. The van der Waals surface area contributed by atoms with Crippen LogP contribution in [0.15, 0.2) is 24.5 Å². The summed E-state index contributed by atoms with van der Waals surface area (Å²) in [5.74, 6) is -0.829. The van der Waals surface area contributed by atoms with Gasteiger partial charge >= 0.3 is 12.1 Å². The predicted molar refractivity (Wildman–Crippen MR) is 119 cm³/mol. The standard InChI is InChI=1S/C23H28F3N5O3/c1-13(2)30-8-7-19(16(11-30)22(33)34-3)31-9-6-18(21(31)32)29-20-15-10-14(23(24,25)26)4-5-17(15)27-12-28-20/h4-5,10,12-13,16,18-19H,6-9,11H2,1-3H3,(H,27,28,29)/t16?,18-,19?/m0/s1. The minimum atomic E-state index is -4.50. The number of hydrogen-bond donors (Lipinski definition) is 1. The Labute approximate surface area is 195 Å². The summed E-state index contributed by atoms with van der Waals surface area (Å²) in [6.07, 6.45) is -2.16. The van der Waals surface area contributed by atoms with Gasteiger partial charge < -0.3 is 15.0 Å². The molecule has 0 bridgehead atoms. The number of amides is 1. The molecule has 11 heteroatoms. The van der Waals surface area contributed by atoms with E-state index in [4.69, 9.17) is 4.74 Å². The first-order valence-electron chi connectivity index (χ1n) is 11.3. The van der Waals surface area contributed by atoms with Gasteiger partial charge in [-0.3, -0.25) is 14.5 Å². The van der Waals surface area contributed by atoms with Crippen LogP contribution in [-0.2, 0) is 20.5 Å². The Kier molecular flexibility index (Phi) is 6.66. The number of anilines is 1. The number of hydrogen-bond acceptors (Lipinski definition) is 7. The fourth-order valence-corrected chi connectivity index (χ4v) is 4.87. The molecule has 0 radical (unpaired) electrons. The second-order valence-corrected chi connectivity index (χ2v) is 9.04. The summed E-state index contributed by atoms with van der Waals surface area (Å²) in [5, 5.41) is 3.23. The van der Waals surface area contributed by atoms with Crippen molar-refractivity contribution in [3.63, 3.8) is 0 Å². The number of benzene rings is 1. The zero-order valence-electron chi connectivity index (χ0n) is 19.3. The molecule has 2 aliphatic rings. The highest BCUT2D eigenvalue weighted by atomic mass is 19.4. The summed E-state index contributed by atoms with van der Waals surface area (Å²) in [4.78, 5) is 37.9. The van der Waals surface area contributed by atoms with Crippen LogP contribution in [0.4, 0.5) is 19.0 Å². The number of halogens is 3. The number of methoxy groups -OCH3 is 1. The van der Waals surface area contributed by atoms with E-state index in [0.717, 1.165) is 18.7 Å². The Morgan fingerprint density at radius 1 is 1.21 bits per heavy atom. The van der Waals surface area contributed by atoms with E-state index in [2.05, 4.69) is 34.0 Å². The van der Waals surface area contributed by atoms with E-state index in [1.807, 2.05) is 0 Å². The number of alkyl halides is 3. The van der Waals surface area contributed by atoms with Crippen LogP contribution in [0.3, 0.4) is 0 Å². The van der Waals surface area contributed by atoms with Crippen molar-refractivity contribution in [3.05, 3.63) is 30.1 Å². The van der Waals surface area contributed by atoms with Gasteiger partial charge in [0.25, 0.3) is 0 Å². The molecule has 1 N–H and O–H groups in total. The van der Waals surface area contributed by atoms with Gasteiger partial charge in [0, 0.05) is 37.1 Å². The number of nitrogens with zero attached hydrogens (tertiary/aromatic N) is 4. The summed E-state index contributed by atoms with van der Waals surface area (Å²) in [7, 11) is 1.35. The van der Waals surface area contributed by atoms with Crippen molar-refractivity contribution < 1.29 is 27.5 Å². The summed E-state index contributed by atoms with van der Waals surface area (Å²) in [6, 6.07) is 2.57. The second-order valence-electron chi connectivity index (χ2n) is 9.04. The van der Waals surface area contributed by atoms with Gasteiger partial charge in [0.05, 0.1) is 24.1 Å². The first-order chi connectivity index (χ1) is 16.1. The molecule has 3 atom stereocenters. The monoisotopic (exact) mass is 479 g/mol. The van der Waals surface area contributed by atoms with Crippen molar-refractivity contribution in [2.24, 2.45) is 5.92 Å². The minimum absolute atomic E-state index is 0.176. The average molecular weight is 480 g/mol. The van der Waals surface area contributed by atoms with Crippen molar-refractivity contribution in [3.8, 4) is 0 Å². The largest absolute Gasteiger partial charge is 0.469 e. The van der Waals surface area contributed by atoms with Gasteiger partial charge in [0.1, 0.15) is 18.2 Å². The molecule has 0 spiro atoms. The first kappa shape index (κ1) is 24.2. The van der Waals surface area contributed by atoms with Gasteiger partial charge in [-0.1, -0.05) is 0 Å². The molecule has 8 nitrogen and oxygen atoms in total. The van der Waals surface area contributed by atoms with Crippen LogP contribution in [0, 0.1) is 5.92 Å². The van der Waals surface area contributed by atoms with E-state index in [1.165, 1.54) is 19.5 Å². The van der Waals surface area contributed by atoms with E-state index < -0.39 is 23.7 Å². The molecule has 2 saturated heterocycles. The van der Waals surface area contributed by atoms with Gasteiger partial charge in [-0.2, -0.15) is 13.2 Å². The van der Waals surface area contributed by atoms with Crippen molar-refractivity contribution in [2.75, 3.05) is 32.1 Å². The van der Waals surface area contributed by atoms with Crippen molar-refractivity contribution >= 4 is 28.6 Å². The highest BCUT2D eigenvalue weighted by Crippen LogP contribution is 2.34. The quantitative estimate of drug-likeness (QED) is 0.660. The Balaban J connectivity index is 1.55. The topological polar surface area (TPSA) is 87.7 Å². The Morgan fingerprint density at radius 3 is 2.65 bits per heavy atom. The number of nitrogens with one attached hydrogen (secondary N) is 1. The van der Waals surface area contributed by atoms with Crippen LogP contribution < -0.4 is 5.32 Å². The van der Waals surface area contributed by atoms with Crippen LogP contribution in [0.2, 0.25) is 0 Å². The molecular formula is C23H28F3N5O3. The van der Waals surface area contributed by atoms with Crippen molar-refractivity contribution in [1.29, 1.82) is 0 Å². The highest BCUT2D eigenvalue weighted by molar-refractivity contribution is 5.93. The fourth-order valence-electron chi connectivity index (χ4n) is 4.87. The van der Waals surface area contributed by atoms with E-state index in [9.17, 15) is 22.8 Å². The molecule has 2 aliphatic heterocycles. The normalized spacial score (nSPS) is 24.1. The van der Waals surface area contributed by atoms with Crippen LogP contribution in [0.1, 0.15) is 32.3 Å². The summed E-state index contributed by atoms with van der Waals surface area (Å²) < 4.78 is 44.7. The third kappa shape index (κ3) is 4.66. The average Bonchev–Trinajstić information content (AvgIpc) is 3.17. The van der Waals surface area contributed by atoms with E-state index in [-0.39, 0.29) is 35.2 Å². The molecule has 0 saturated carbocycles. The molecule has 1 aromatic carbocycles. The van der Waals surface area contributed by atoms with E-state index >= 15 is 0 Å². The third-order valence-electron chi connectivity index (χ3n) is 6.76. The molecule has 2 fully saturated rings. The van der Waals surface area contributed by atoms with Crippen molar-refractivity contribution in [2.45, 2.75) is 51.0 Å². The molecule has 3 heterocycles. The molecule has 1 amide bonds. The lowest BCUT2D eigenvalue weighted by atomic mass is 9.90. The number of fused-ring (bicyclic) bond motifs is 1. The number of ether oxygens (including phenoxy) is 1.